The standard InChI is InChI=1S/C22H20F6N4O4S/c23-21(24,25)14-6-4-13(5-7-14)12-18(33)31-10-8-15(9-11-31)32-19-16(29-20(32)34)2-1-3-17(19)30-37(35,36)22(26,27)28/h1-7,15,30H,8-12H2,(H,29,34). The summed E-state index contributed by atoms with van der Waals surface area (Å²) in [6.45, 7) is 0.361. The fourth-order valence-corrected chi connectivity index (χ4v) is 4.86. The number of piperidine rings is 1. The Kier molecular flexibility index (Phi) is 6.77. The van der Waals surface area contributed by atoms with Gasteiger partial charge in [-0.2, -0.15) is 34.8 Å². The number of sulfonamides is 1. The number of hydrogen-bond donors (Lipinski definition) is 2. The molecule has 37 heavy (non-hydrogen) atoms. The van der Waals surface area contributed by atoms with Crippen molar-refractivity contribution in [3.8, 4) is 0 Å². The van der Waals surface area contributed by atoms with Gasteiger partial charge in [0, 0.05) is 19.1 Å². The Bertz CT molecular complexity index is 1470. The molecule has 0 aliphatic carbocycles. The van der Waals surface area contributed by atoms with E-state index >= 15 is 0 Å². The molecular formula is C22H20F6N4O4S. The molecule has 1 amide bonds. The number of benzene rings is 2. The molecule has 1 saturated heterocycles. The van der Waals surface area contributed by atoms with Crippen LogP contribution in [0.2, 0.25) is 0 Å². The van der Waals surface area contributed by atoms with E-state index in [1.165, 1.54) is 38.5 Å². The van der Waals surface area contributed by atoms with E-state index in [1.807, 2.05) is 0 Å². The number of fused-ring (bicyclic) bond motifs is 1. The van der Waals surface area contributed by atoms with Crippen LogP contribution < -0.4 is 10.4 Å². The Morgan fingerprint density at radius 3 is 2.19 bits per heavy atom. The molecule has 2 N–H and O–H groups in total. The quantitative estimate of drug-likeness (QED) is 0.469. The summed E-state index contributed by atoms with van der Waals surface area (Å²) in [5.41, 5.74) is -6.98. The van der Waals surface area contributed by atoms with Crippen LogP contribution in [0.1, 0.15) is 30.0 Å². The first-order chi connectivity index (χ1) is 17.2. The fourth-order valence-electron chi connectivity index (χ4n) is 4.29. The number of nitrogens with zero attached hydrogens (tertiary/aromatic N) is 2. The van der Waals surface area contributed by atoms with Crippen LogP contribution in [0.15, 0.2) is 47.3 Å². The van der Waals surface area contributed by atoms with Gasteiger partial charge in [-0.1, -0.05) is 18.2 Å². The number of likely N-dealkylation sites (tertiary alicyclic amines) is 1. The summed E-state index contributed by atoms with van der Waals surface area (Å²) in [6.07, 6.45) is -4.13. The van der Waals surface area contributed by atoms with E-state index in [4.69, 9.17) is 0 Å². The summed E-state index contributed by atoms with van der Waals surface area (Å²) < 4.78 is 103. The fraction of sp³-hybridized carbons (Fsp3) is 0.364. The van der Waals surface area contributed by atoms with Crippen LogP contribution in [-0.4, -0.2) is 47.4 Å². The van der Waals surface area contributed by atoms with E-state index in [0.717, 1.165) is 18.2 Å². The molecular weight excluding hydrogens is 530 g/mol. The molecule has 200 valence electrons. The van der Waals surface area contributed by atoms with Crippen LogP contribution in [-0.2, 0) is 27.4 Å². The lowest BCUT2D eigenvalue weighted by atomic mass is 10.0. The maximum absolute atomic E-state index is 12.9. The minimum absolute atomic E-state index is 0.0464. The highest BCUT2D eigenvalue weighted by Crippen LogP contribution is 2.33. The maximum atomic E-state index is 12.9. The first-order valence-electron chi connectivity index (χ1n) is 10.9. The van der Waals surface area contributed by atoms with Gasteiger partial charge in [-0.3, -0.25) is 14.1 Å². The maximum Gasteiger partial charge on any atom is 0.516 e. The van der Waals surface area contributed by atoms with Crippen molar-refractivity contribution in [1.29, 1.82) is 0 Å². The van der Waals surface area contributed by atoms with E-state index in [2.05, 4.69) is 4.98 Å². The number of para-hydroxylation sites is 1. The minimum Gasteiger partial charge on any atom is -0.342 e. The normalized spacial score (nSPS) is 15.8. The second kappa shape index (κ2) is 9.43. The van der Waals surface area contributed by atoms with Crippen molar-refractivity contribution in [1.82, 2.24) is 14.5 Å². The topological polar surface area (TPSA) is 104 Å². The van der Waals surface area contributed by atoms with Gasteiger partial charge in [0.05, 0.1) is 28.7 Å². The number of anilines is 1. The van der Waals surface area contributed by atoms with Crippen LogP contribution in [0.3, 0.4) is 0 Å². The average molecular weight is 550 g/mol. The highest BCUT2D eigenvalue weighted by atomic mass is 32.2. The van der Waals surface area contributed by atoms with Crippen LogP contribution in [0.5, 0.6) is 0 Å². The van der Waals surface area contributed by atoms with Crippen molar-refractivity contribution in [2.45, 2.75) is 37.0 Å². The molecule has 1 aliphatic rings. The number of alkyl halides is 6. The zero-order valence-electron chi connectivity index (χ0n) is 18.9. The lowest BCUT2D eigenvalue weighted by molar-refractivity contribution is -0.137. The van der Waals surface area contributed by atoms with Crippen molar-refractivity contribution in [2.24, 2.45) is 0 Å². The lowest BCUT2D eigenvalue weighted by Crippen LogP contribution is -2.41. The molecule has 4 rings (SSSR count). The third-order valence-corrected chi connectivity index (χ3v) is 7.20. The lowest BCUT2D eigenvalue weighted by Gasteiger charge is -2.33. The molecule has 8 nitrogen and oxygen atoms in total. The predicted octanol–water partition coefficient (Wildman–Crippen LogP) is 4.02. The van der Waals surface area contributed by atoms with Crippen LogP contribution >= 0.6 is 0 Å². The van der Waals surface area contributed by atoms with Crippen molar-refractivity contribution in [3.63, 3.8) is 0 Å². The molecule has 0 spiro atoms. The number of hydrogen-bond acceptors (Lipinski definition) is 4. The van der Waals surface area contributed by atoms with Gasteiger partial charge in [-0.25, -0.2) is 4.79 Å². The first kappa shape index (κ1) is 26.6. The molecule has 0 bridgehead atoms. The Morgan fingerprint density at radius 1 is 1.00 bits per heavy atom. The number of aromatic nitrogens is 2. The third-order valence-electron chi connectivity index (χ3n) is 6.11. The van der Waals surface area contributed by atoms with E-state index in [0.29, 0.717) is 5.56 Å². The highest BCUT2D eigenvalue weighted by molar-refractivity contribution is 7.93. The van der Waals surface area contributed by atoms with Gasteiger partial charge in [0.25, 0.3) is 0 Å². The third kappa shape index (κ3) is 5.45. The van der Waals surface area contributed by atoms with Crippen molar-refractivity contribution < 1.29 is 39.6 Å². The van der Waals surface area contributed by atoms with Gasteiger partial charge < -0.3 is 9.88 Å². The van der Waals surface area contributed by atoms with E-state index < -0.39 is 44.7 Å². The minimum atomic E-state index is -5.74. The summed E-state index contributed by atoms with van der Waals surface area (Å²) in [5, 5.41) is 0. The zero-order valence-corrected chi connectivity index (χ0v) is 19.7. The number of halogens is 6. The second-order valence-electron chi connectivity index (χ2n) is 8.54. The molecule has 0 saturated carbocycles. The van der Waals surface area contributed by atoms with Crippen molar-refractivity contribution in [2.75, 3.05) is 17.8 Å². The molecule has 1 fully saturated rings. The number of amides is 1. The number of aromatic amines is 1. The smallest absolute Gasteiger partial charge is 0.342 e. The zero-order chi connectivity index (χ0) is 27.2. The van der Waals surface area contributed by atoms with Crippen molar-refractivity contribution in [3.05, 3.63) is 64.1 Å². The number of carbonyl (C=O) groups excluding carboxylic acids is 1. The number of carbonyl (C=O) groups is 1. The van der Waals surface area contributed by atoms with Crippen LogP contribution in [0.4, 0.5) is 32.0 Å². The second-order valence-corrected chi connectivity index (χ2v) is 10.2. The SMILES string of the molecule is O=C(Cc1ccc(C(F)(F)F)cc1)N1CCC(n2c(=O)[nH]c3cccc(NS(=O)(=O)C(F)(F)F)c32)CC1. The summed E-state index contributed by atoms with van der Waals surface area (Å²) in [4.78, 5) is 29.3. The molecule has 0 unspecified atom stereocenters. The predicted molar refractivity (Wildman–Crippen MR) is 121 cm³/mol. The molecule has 3 aromatic rings. The van der Waals surface area contributed by atoms with Gasteiger partial charge in [0.15, 0.2) is 0 Å². The average Bonchev–Trinajstić information content (AvgIpc) is 3.14. The highest BCUT2D eigenvalue weighted by Gasteiger charge is 2.46. The Labute approximate surface area is 205 Å². The molecule has 15 heteroatoms. The van der Waals surface area contributed by atoms with Crippen LogP contribution in [0.25, 0.3) is 11.0 Å². The number of imidazole rings is 1. The van der Waals surface area contributed by atoms with Gasteiger partial charge in [-0.05, 0) is 42.7 Å². The monoisotopic (exact) mass is 550 g/mol. The van der Waals surface area contributed by atoms with Gasteiger partial charge in [-0.15, -0.1) is 0 Å². The van der Waals surface area contributed by atoms with E-state index in [-0.39, 0.29) is 49.3 Å². The van der Waals surface area contributed by atoms with Gasteiger partial charge in [0.2, 0.25) is 5.91 Å². The van der Waals surface area contributed by atoms with Crippen molar-refractivity contribution >= 4 is 32.7 Å². The van der Waals surface area contributed by atoms with Gasteiger partial charge >= 0.3 is 27.4 Å². The first-order valence-corrected chi connectivity index (χ1v) is 12.4. The van der Waals surface area contributed by atoms with Crippen LogP contribution in [0, 0.1) is 0 Å². The Morgan fingerprint density at radius 2 is 1.62 bits per heavy atom. The number of H-pyrrole nitrogens is 1. The Hall–Kier alpha value is -3.49. The summed E-state index contributed by atoms with van der Waals surface area (Å²) >= 11 is 0. The summed E-state index contributed by atoms with van der Waals surface area (Å²) in [7, 11) is -5.74. The Balaban J connectivity index is 1.50. The van der Waals surface area contributed by atoms with E-state index in [1.54, 1.807) is 0 Å². The van der Waals surface area contributed by atoms with E-state index in [9.17, 15) is 44.3 Å². The van der Waals surface area contributed by atoms with Gasteiger partial charge in [0.1, 0.15) is 0 Å². The number of nitrogens with one attached hydrogen (secondary N) is 2. The number of rotatable bonds is 5. The molecule has 1 aliphatic heterocycles. The summed E-state index contributed by atoms with van der Waals surface area (Å²) in [5.74, 6) is -0.330. The molecule has 2 heterocycles. The largest absolute Gasteiger partial charge is 0.516 e. The molecule has 1 aromatic heterocycles. The molecule has 0 radical (unpaired) electrons. The molecule has 0 atom stereocenters. The summed E-state index contributed by atoms with van der Waals surface area (Å²) in [6, 6.07) is 7.50. The molecule has 2 aromatic carbocycles.